The van der Waals surface area contributed by atoms with Crippen LogP contribution < -0.4 is 5.73 Å². The molecule has 2 heterocycles. The highest BCUT2D eigenvalue weighted by Crippen LogP contribution is 2.43. The third-order valence-corrected chi connectivity index (χ3v) is 6.90. The van der Waals surface area contributed by atoms with Crippen LogP contribution in [0.1, 0.15) is 60.0 Å². The molecule has 2 aliphatic rings. The molecule has 1 amide bonds. The number of carbonyl (C=O) groups is 2. The van der Waals surface area contributed by atoms with Gasteiger partial charge in [-0.1, -0.05) is 42.5 Å². The molecule has 0 saturated carbocycles. The van der Waals surface area contributed by atoms with Crippen molar-refractivity contribution in [3.8, 4) is 0 Å². The Morgan fingerprint density at radius 1 is 1.06 bits per heavy atom. The van der Waals surface area contributed by atoms with Gasteiger partial charge in [-0.15, -0.1) is 0 Å². The molecule has 164 valence electrons. The van der Waals surface area contributed by atoms with Crippen LogP contribution in [0.4, 0.5) is 0 Å². The van der Waals surface area contributed by atoms with E-state index in [2.05, 4.69) is 23.1 Å². The molecular weight excluding hydrogens is 388 g/mol. The summed E-state index contributed by atoms with van der Waals surface area (Å²) in [6.45, 7) is 3.03. The molecule has 2 fully saturated rings. The van der Waals surface area contributed by atoms with Gasteiger partial charge in [-0.05, 0) is 68.2 Å². The van der Waals surface area contributed by atoms with Gasteiger partial charge in [0, 0.05) is 24.2 Å². The molecule has 2 bridgehead atoms. The number of ether oxygens (including phenoxy) is 1. The zero-order valence-corrected chi connectivity index (χ0v) is 18.2. The predicted molar refractivity (Wildman–Crippen MR) is 121 cm³/mol. The maximum Gasteiger partial charge on any atom is 0.310 e. The van der Waals surface area contributed by atoms with Crippen LogP contribution in [-0.4, -0.2) is 42.0 Å². The minimum Gasteiger partial charge on any atom is -0.466 e. The van der Waals surface area contributed by atoms with Gasteiger partial charge in [0.25, 0.3) is 0 Å². The van der Waals surface area contributed by atoms with Gasteiger partial charge in [0.15, 0.2) is 0 Å². The van der Waals surface area contributed by atoms with Crippen LogP contribution >= 0.6 is 0 Å². The minimum atomic E-state index is -0.375. The largest absolute Gasteiger partial charge is 0.466 e. The highest BCUT2D eigenvalue weighted by atomic mass is 16.5. The van der Waals surface area contributed by atoms with E-state index >= 15 is 0 Å². The van der Waals surface area contributed by atoms with Gasteiger partial charge in [0.1, 0.15) is 0 Å². The number of carbonyl (C=O) groups excluding carboxylic acids is 2. The number of primary amides is 1. The average molecular weight is 421 g/mol. The summed E-state index contributed by atoms with van der Waals surface area (Å²) in [5, 5.41) is 0. The first-order valence-electron chi connectivity index (χ1n) is 11.4. The lowest BCUT2D eigenvalue weighted by Crippen LogP contribution is -2.46. The minimum absolute atomic E-state index is 0.0953. The van der Waals surface area contributed by atoms with Crippen LogP contribution in [0.3, 0.4) is 0 Å². The number of benzene rings is 2. The molecule has 2 N–H and O–H groups in total. The van der Waals surface area contributed by atoms with Gasteiger partial charge in [0.05, 0.1) is 12.5 Å². The number of esters is 1. The molecule has 2 aliphatic heterocycles. The number of nitrogens with zero attached hydrogens (tertiary/aromatic N) is 1. The van der Waals surface area contributed by atoms with Crippen LogP contribution in [0.2, 0.25) is 0 Å². The molecule has 2 aromatic rings. The van der Waals surface area contributed by atoms with Crippen molar-refractivity contribution in [2.24, 2.45) is 11.7 Å². The van der Waals surface area contributed by atoms with Crippen LogP contribution in [0.15, 0.2) is 54.6 Å². The molecule has 4 rings (SSSR count). The molecule has 31 heavy (non-hydrogen) atoms. The first-order valence-corrected chi connectivity index (χ1v) is 11.4. The quantitative estimate of drug-likeness (QED) is 0.657. The van der Waals surface area contributed by atoms with Crippen molar-refractivity contribution in [3.05, 3.63) is 71.3 Å². The molecule has 4 atom stereocenters. The van der Waals surface area contributed by atoms with E-state index < -0.39 is 0 Å². The lowest BCUT2D eigenvalue weighted by atomic mass is 9.83. The fourth-order valence-corrected chi connectivity index (χ4v) is 5.43. The fourth-order valence-electron chi connectivity index (χ4n) is 5.43. The summed E-state index contributed by atoms with van der Waals surface area (Å²) in [7, 11) is 0. The van der Waals surface area contributed by atoms with Crippen molar-refractivity contribution in [1.82, 2.24) is 4.90 Å². The number of amides is 1. The Bertz CT molecular complexity index is 900. The Labute approximate surface area is 184 Å². The number of nitrogens with two attached hydrogens (primary N) is 1. The monoisotopic (exact) mass is 420 g/mol. The Hall–Kier alpha value is -2.66. The fraction of sp³-hybridized carbons (Fsp3) is 0.462. The van der Waals surface area contributed by atoms with Crippen LogP contribution in [0.5, 0.6) is 0 Å². The summed E-state index contributed by atoms with van der Waals surface area (Å²) in [4.78, 5) is 26.9. The molecule has 2 aromatic carbocycles. The van der Waals surface area contributed by atoms with Crippen molar-refractivity contribution in [2.75, 3.05) is 13.2 Å². The third-order valence-electron chi connectivity index (χ3n) is 6.90. The summed E-state index contributed by atoms with van der Waals surface area (Å²) in [5.41, 5.74) is 8.44. The normalized spacial score (nSPS) is 24.0. The molecular formula is C26H32N2O3. The number of piperidine rings is 1. The Kier molecular flexibility index (Phi) is 6.71. The first-order chi connectivity index (χ1) is 15.0. The molecule has 0 aliphatic carbocycles. The molecule has 5 nitrogen and oxygen atoms in total. The maximum absolute atomic E-state index is 12.7. The first kappa shape index (κ1) is 21.6. The Morgan fingerprint density at radius 3 is 2.42 bits per heavy atom. The number of hydrogen-bond donors (Lipinski definition) is 1. The average Bonchev–Trinajstić information content (AvgIpc) is 3.00. The Balaban J connectivity index is 1.47. The van der Waals surface area contributed by atoms with Crippen molar-refractivity contribution < 1.29 is 14.3 Å². The highest BCUT2D eigenvalue weighted by Gasteiger charge is 2.42. The predicted octanol–water partition coefficient (Wildman–Crippen LogP) is 3.92. The van der Waals surface area contributed by atoms with Crippen LogP contribution in [0, 0.1) is 5.92 Å². The van der Waals surface area contributed by atoms with Crippen molar-refractivity contribution in [1.29, 1.82) is 0 Å². The van der Waals surface area contributed by atoms with Gasteiger partial charge in [-0.25, -0.2) is 0 Å². The topological polar surface area (TPSA) is 72.6 Å². The molecule has 2 saturated heterocycles. The lowest BCUT2D eigenvalue weighted by Gasteiger charge is -2.40. The van der Waals surface area contributed by atoms with E-state index in [0.29, 0.717) is 36.6 Å². The van der Waals surface area contributed by atoms with Gasteiger partial charge >= 0.3 is 5.97 Å². The zero-order chi connectivity index (χ0) is 21.8. The van der Waals surface area contributed by atoms with Gasteiger partial charge in [-0.3, -0.25) is 14.5 Å². The van der Waals surface area contributed by atoms with Gasteiger partial charge < -0.3 is 10.5 Å². The van der Waals surface area contributed by atoms with E-state index in [-0.39, 0.29) is 17.8 Å². The standard InChI is InChI=1S/C26H32N2O3/c1-2-31-26(30)22(13-18-7-4-3-5-8-18)17-28-23-11-12-24(28)16-21(15-23)19-9-6-10-20(14-19)25(27)29/h3-10,14,21-24H,2,11-13,15-17H2,1H3,(H2,27,29)/t21-,22?,23+,24-. The summed E-state index contributed by atoms with van der Waals surface area (Å²) in [6, 6.07) is 18.9. The summed E-state index contributed by atoms with van der Waals surface area (Å²) in [5.74, 6) is -0.189. The van der Waals surface area contributed by atoms with Crippen molar-refractivity contribution >= 4 is 11.9 Å². The molecule has 0 radical (unpaired) electrons. The lowest BCUT2D eigenvalue weighted by molar-refractivity contribution is -0.149. The van der Waals surface area contributed by atoms with E-state index in [1.54, 1.807) is 6.07 Å². The molecule has 0 aromatic heterocycles. The summed E-state index contributed by atoms with van der Waals surface area (Å²) >= 11 is 0. The third kappa shape index (κ3) is 4.99. The highest BCUT2D eigenvalue weighted by molar-refractivity contribution is 5.92. The molecule has 0 spiro atoms. The smallest absolute Gasteiger partial charge is 0.310 e. The van der Waals surface area contributed by atoms with Crippen molar-refractivity contribution in [3.63, 3.8) is 0 Å². The van der Waals surface area contributed by atoms with E-state index in [1.165, 1.54) is 11.1 Å². The van der Waals surface area contributed by atoms with Crippen LogP contribution in [0.25, 0.3) is 0 Å². The molecule has 1 unspecified atom stereocenters. The van der Waals surface area contributed by atoms with Crippen molar-refractivity contribution in [2.45, 2.75) is 57.0 Å². The van der Waals surface area contributed by atoms with Crippen LogP contribution in [-0.2, 0) is 16.0 Å². The van der Waals surface area contributed by atoms with E-state index in [4.69, 9.17) is 10.5 Å². The number of hydrogen-bond acceptors (Lipinski definition) is 4. The zero-order valence-electron chi connectivity index (χ0n) is 18.2. The van der Waals surface area contributed by atoms with E-state index in [0.717, 1.165) is 32.2 Å². The SMILES string of the molecule is CCOC(=O)C(Cc1ccccc1)CN1[C@@H]2CC[C@H]1C[C@@H](c1cccc(C(N)=O)c1)C2. The van der Waals surface area contributed by atoms with Gasteiger partial charge in [-0.2, -0.15) is 0 Å². The van der Waals surface area contributed by atoms with Gasteiger partial charge in [0.2, 0.25) is 5.91 Å². The maximum atomic E-state index is 12.7. The Morgan fingerprint density at radius 2 is 1.77 bits per heavy atom. The molecule has 5 heteroatoms. The summed E-state index contributed by atoms with van der Waals surface area (Å²) < 4.78 is 5.43. The number of fused-ring (bicyclic) bond motifs is 2. The second-order valence-corrected chi connectivity index (χ2v) is 8.88. The van der Waals surface area contributed by atoms with E-state index in [1.807, 2.05) is 37.3 Å². The number of rotatable bonds is 8. The summed E-state index contributed by atoms with van der Waals surface area (Å²) in [6.07, 6.45) is 5.15. The second-order valence-electron chi connectivity index (χ2n) is 8.88. The second kappa shape index (κ2) is 9.65. The van der Waals surface area contributed by atoms with E-state index in [9.17, 15) is 9.59 Å².